The number of hydrogen-bond donors (Lipinski definition) is 1. The van der Waals surface area contributed by atoms with Gasteiger partial charge in [-0.15, -0.1) is 10.2 Å². The van der Waals surface area contributed by atoms with Crippen molar-refractivity contribution in [3.05, 3.63) is 24.3 Å². The van der Waals surface area contributed by atoms with E-state index >= 15 is 0 Å². The predicted octanol–water partition coefficient (Wildman–Crippen LogP) is 2.25. The summed E-state index contributed by atoms with van der Waals surface area (Å²) >= 11 is 1.41. The molecular weight excluding hydrogens is 312 g/mol. The van der Waals surface area contributed by atoms with Gasteiger partial charge in [0, 0.05) is 13.1 Å². The van der Waals surface area contributed by atoms with Crippen LogP contribution >= 0.6 is 11.8 Å². The van der Waals surface area contributed by atoms with Crippen LogP contribution in [0.4, 0.5) is 0 Å². The Morgan fingerprint density at radius 1 is 1.39 bits per heavy atom. The van der Waals surface area contributed by atoms with Crippen LogP contribution in [0.2, 0.25) is 0 Å². The number of nitrogens with zero attached hydrogens (tertiary/aromatic N) is 3. The van der Waals surface area contributed by atoms with Crippen molar-refractivity contribution >= 4 is 17.7 Å². The standard InChI is InChI=1S/C16H20N4O2S/c1-10(15(21)17-11-8-9-11)23-16-19-18-14(20(16)2)12-6-4-5-7-13(12)22-3/h4-7,10-11H,8-9H2,1-3H3,(H,17,21)/t10-/m1/s1. The highest BCUT2D eigenvalue weighted by Crippen LogP contribution is 2.31. The molecule has 6 nitrogen and oxygen atoms in total. The van der Waals surface area contributed by atoms with Gasteiger partial charge in [0.25, 0.3) is 0 Å². The van der Waals surface area contributed by atoms with Gasteiger partial charge < -0.3 is 14.6 Å². The molecule has 0 spiro atoms. The van der Waals surface area contributed by atoms with Crippen LogP contribution in [0.5, 0.6) is 5.75 Å². The number of thioether (sulfide) groups is 1. The first-order chi connectivity index (χ1) is 11.1. The van der Waals surface area contributed by atoms with Crippen LogP contribution in [0.1, 0.15) is 19.8 Å². The van der Waals surface area contributed by atoms with E-state index in [2.05, 4.69) is 15.5 Å². The Labute approximate surface area is 139 Å². The van der Waals surface area contributed by atoms with Crippen molar-refractivity contribution in [1.82, 2.24) is 20.1 Å². The molecule has 1 N–H and O–H groups in total. The van der Waals surface area contributed by atoms with Gasteiger partial charge in [-0.3, -0.25) is 4.79 Å². The zero-order chi connectivity index (χ0) is 16.4. The average molecular weight is 332 g/mol. The maximum Gasteiger partial charge on any atom is 0.233 e. The molecule has 122 valence electrons. The molecule has 1 amide bonds. The van der Waals surface area contributed by atoms with E-state index in [9.17, 15) is 4.79 Å². The second-order valence-electron chi connectivity index (χ2n) is 5.61. The lowest BCUT2D eigenvalue weighted by Crippen LogP contribution is -2.32. The van der Waals surface area contributed by atoms with Crippen molar-refractivity contribution in [2.45, 2.75) is 36.2 Å². The molecule has 0 bridgehead atoms. The summed E-state index contributed by atoms with van der Waals surface area (Å²) in [7, 11) is 3.53. The molecule has 3 rings (SSSR count). The van der Waals surface area contributed by atoms with Crippen molar-refractivity contribution in [3.8, 4) is 17.1 Å². The van der Waals surface area contributed by atoms with E-state index in [1.54, 1.807) is 7.11 Å². The molecule has 1 fully saturated rings. The molecule has 1 aromatic heterocycles. The first-order valence-electron chi connectivity index (χ1n) is 7.60. The number of carbonyl (C=O) groups is 1. The Hall–Kier alpha value is -2.02. The molecule has 1 atom stereocenters. The highest BCUT2D eigenvalue weighted by molar-refractivity contribution is 8.00. The molecule has 1 aliphatic carbocycles. The summed E-state index contributed by atoms with van der Waals surface area (Å²) in [4.78, 5) is 12.1. The molecule has 1 saturated carbocycles. The van der Waals surface area contributed by atoms with Crippen molar-refractivity contribution in [3.63, 3.8) is 0 Å². The van der Waals surface area contributed by atoms with Gasteiger partial charge in [-0.25, -0.2) is 0 Å². The Bertz CT molecular complexity index is 712. The number of aromatic nitrogens is 3. The number of nitrogens with one attached hydrogen (secondary N) is 1. The Morgan fingerprint density at radius 3 is 2.83 bits per heavy atom. The third-order valence-electron chi connectivity index (χ3n) is 3.76. The molecule has 23 heavy (non-hydrogen) atoms. The summed E-state index contributed by atoms with van der Waals surface area (Å²) < 4.78 is 7.27. The summed E-state index contributed by atoms with van der Waals surface area (Å²) in [6.45, 7) is 1.89. The van der Waals surface area contributed by atoms with Crippen molar-refractivity contribution in [2.75, 3.05) is 7.11 Å². The van der Waals surface area contributed by atoms with Crippen LogP contribution in [0.25, 0.3) is 11.4 Å². The Morgan fingerprint density at radius 2 is 2.13 bits per heavy atom. The smallest absolute Gasteiger partial charge is 0.233 e. The third kappa shape index (κ3) is 3.50. The number of methoxy groups -OCH3 is 1. The van der Waals surface area contributed by atoms with Gasteiger partial charge in [0.05, 0.1) is 17.9 Å². The van der Waals surface area contributed by atoms with Gasteiger partial charge in [-0.2, -0.15) is 0 Å². The zero-order valence-electron chi connectivity index (χ0n) is 13.4. The molecule has 0 unspecified atom stereocenters. The minimum absolute atomic E-state index is 0.0549. The van der Waals surface area contributed by atoms with E-state index in [4.69, 9.17) is 4.74 Å². The SMILES string of the molecule is COc1ccccc1-c1nnc(S[C@H](C)C(=O)NC2CC2)n1C. The van der Waals surface area contributed by atoms with Gasteiger partial charge in [-0.05, 0) is 31.9 Å². The van der Waals surface area contributed by atoms with Crippen LogP contribution in [-0.4, -0.2) is 39.1 Å². The number of amides is 1. The topological polar surface area (TPSA) is 69.0 Å². The minimum Gasteiger partial charge on any atom is -0.496 e. The second-order valence-corrected chi connectivity index (χ2v) is 6.92. The van der Waals surface area contributed by atoms with Crippen molar-refractivity contribution < 1.29 is 9.53 Å². The van der Waals surface area contributed by atoms with Gasteiger partial charge >= 0.3 is 0 Å². The van der Waals surface area contributed by atoms with Gasteiger partial charge in [0.1, 0.15) is 5.75 Å². The molecule has 0 saturated heterocycles. The Kier molecular flexibility index (Phi) is 4.56. The van der Waals surface area contributed by atoms with Gasteiger partial charge in [0.15, 0.2) is 11.0 Å². The number of rotatable bonds is 6. The fraction of sp³-hybridized carbons (Fsp3) is 0.438. The highest BCUT2D eigenvalue weighted by atomic mass is 32.2. The third-order valence-corrected chi connectivity index (χ3v) is 4.89. The minimum atomic E-state index is -0.205. The van der Waals surface area contributed by atoms with Gasteiger partial charge in [-0.1, -0.05) is 23.9 Å². The second kappa shape index (κ2) is 6.62. The van der Waals surface area contributed by atoms with E-state index in [0.717, 1.165) is 30.0 Å². The van der Waals surface area contributed by atoms with Crippen molar-refractivity contribution in [2.24, 2.45) is 7.05 Å². The average Bonchev–Trinajstić information content (AvgIpc) is 3.30. The lowest BCUT2D eigenvalue weighted by atomic mass is 10.2. The zero-order valence-corrected chi connectivity index (χ0v) is 14.3. The summed E-state index contributed by atoms with van der Waals surface area (Å²) in [5.74, 6) is 1.53. The lowest BCUT2D eigenvalue weighted by Gasteiger charge is -2.11. The highest BCUT2D eigenvalue weighted by Gasteiger charge is 2.27. The molecule has 7 heteroatoms. The van der Waals surface area contributed by atoms with E-state index in [-0.39, 0.29) is 11.2 Å². The Balaban J connectivity index is 1.77. The van der Waals surface area contributed by atoms with Crippen LogP contribution < -0.4 is 10.1 Å². The van der Waals surface area contributed by atoms with Crippen molar-refractivity contribution in [1.29, 1.82) is 0 Å². The van der Waals surface area contributed by atoms with E-state index < -0.39 is 0 Å². The van der Waals surface area contributed by atoms with E-state index in [0.29, 0.717) is 11.2 Å². The van der Waals surface area contributed by atoms with Crippen LogP contribution in [0.15, 0.2) is 29.4 Å². The monoisotopic (exact) mass is 332 g/mol. The fourth-order valence-electron chi connectivity index (χ4n) is 2.24. The number of para-hydroxylation sites is 1. The predicted molar refractivity (Wildman–Crippen MR) is 89.5 cm³/mol. The molecule has 1 heterocycles. The lowest BCUT2D eigenvalue weighted by molar-refractivity contribution is -0.120. The normalized spacial score (nSPS) is 15.3. The van der Waals surface area contributed by atoms with E-state index in [1.807, 2.05) is 42.8 Å². The first-order valence-corrected chi connectivity index (χ1v) is 8.48. The number of hydrogen-bond acceptors (Lipinski definition) is 5. The summed E-state index contributed by atoms with van der Waals surface area (Å²) in [6.07, 6.45) is 2.18. The fourth-order valence-corrected chi connectivity index (χ4v) is 3.06. The quantitative estimate of drug-likeness (QED) is 0.822. The summed E-state index contributed by atoms with van der Waals surface area (Å²) in [6, 6.07) is 8.06. The molecule has 2 aromatic rings. The van der Waals surface area contributed by atoms with E-state index in [1.165, 1.54) is 11.8 Å². The van der Waals surface area contributed by atoms with Crippen LogP contribution in [0, 0.1) is 0 Å². The number of carbonyl (C=O) groups excluding carboxylic acids is 1. The number of benzene rings is 1. The van der Waals surface area contributed by atoms with Crippen LogP contribution in [-0.2, 0) is 11.8 Å². The number of ether oxygens (including phenoxy) is 1. The van der Waals surface area contributed by atoms with Crippen LogP contribution in [0.3, 0.4) is 0 Å². The molecule has 1 aromatic carbocycles. The maximum absolute atomic E-state index is 12.1. The molecule has 0 radical (unpaired) electrons. The van der Waals surface area contributed by atoms with Gasteiger partial charge in [0.2, 0.25) is 5.91 Å². The summed E-state index contributed by atoms with van der Waals surface area (Å²) in [5, 5.41) is 12.0. The summed E-state index contributed by atoms with van der Waals surface area (Å²) in [5.41, 5.74) is 0.881. The largest absolute Gasteiger partial charge is 0.496 e. The molecule has 0 aliphatic heterocycles. The molecule has 1 aliphatic rings. The first kappa shape index (κ1) is 15.9. The maximum atomic E-state index is 12.1. The molecular formula is C16H20N4O2S.